The molecule has 2 aromatic carbocycles. The molecule has 0 atom stereocenters. The Balaban J connectivity index is 1.46. The number of aromatic nitrogens is 2. The number of amides is 1. The van der Waals surface area contributed by atoms with Crippen molar-refractivity contribution in [3.63, 3.8) is 0 Å². The van der Waals surface area contributed by atoms with Gasteiger partial charge >= 0.3 is 0 Å². The van der Waals surface area contributed by atoms with Crippen molar-refractivity contribution in [1.82, 2.24) is 19.6 Å². The second-order valence-corrected chi connectivity index (χ2v) is 8.09. The summed E-state index contributed by atoms with van der Waals surface area (Å²) in [6.07, 6.45) is 0.437. The molecular formula is C25H30N4O. The Morgan fingerprint density at radius 1 is 0.900 bits per heavy atom. The van der Waals surface area contributed by atoms with Crippen LogP contribution >= 0.6 is 0 Å². The second kappa shape index (κ2) is 8.84. The Hall–Kier alpha value is -2.92. The topological polar surface area (TPSA) is 41.4 Å². The third-order valence-electron chi connectivity index (χ3n) is 6.25. The van der Waals surface area contributed by atoms with Crippen LogP contribution in [-0.4, -0.2) is 51.7 Å². The molecule has 5 nitrogen and oxygen atoms in total. The van der Waals surface area contributed by atoms with E-state index in [1.54, 1.807) is 0 Å². The van der Waals surface area contributed by atoms with Crippen LogP contribution in [0.3, 0.4) is 0 Å². The fraction of sp³-hybridized carbons (Fsp3) is 0.360. The number of aryl methyl sites for hydroxylation is 2. The number of rotatable bonds is 5. The Kier molecular flexibility index (Phi) is 6.00. The number of benzene rings is 2. The lowest BCUT2D eigenvalue weighted by Crippen LogP contribution is -2.50. The lowest BCUT2D eigenvalue weighted by Gasteiger charge is -2.40. The van der Waals surface area contributed by atoms with E-state index in [0.29, 0.717) is 6.42 Å². The third-order valence-corrected chi connectivity index (χ3v) is 6.25. The second-order valence-electron chi connectivity index (χ2n) is 8.09. The van der Waals surface area contributed by atoms with Gasteiger partial charge in [-0.3, -0.25) is 14.4 Å². The molecule has 1 aliphatic rings. The van der Waals surface area contributed by atoms with Gasteiger partial charge in [0.1, 0.15) is 0 Å². The molecule has 0 saturated carbocycles. The molecule has 1 saturated heterocycles. The quantitative estimate of drug-likeness (QED) is 0.656. The van der Waals surface area contributed by atoms with Gasteiger partial charge in [-0.15, -0.1) is 0 Å². The number of hydrogen-bond donors (Lipinski definition) is 0. The van der Waals surface area contributed by atoms with Gasteiger partial charge in [-0.2, -0.15) is 5.10 Å². The zero-order valence-electron chi connectivity index (χ0n) is 18.1. The molecule has 0 radical (unpaired) electrons. The van der Waals surface area contributed by atoms with E-state index in [1.165, 1.54) is 11.1 Å². The fourth-order valence-corrected chi connectivity index (χ4v) is 4.45. The molecule has 0 spiro atoms. The summed E-state index contributed by atoms with van der Waals surface area (Å²) >= 11 is 0. The third kappa shape index (κ3) is 4.17. The van der Waals surface area contributed by atoms with Crippen LogP contribution in [0, 0.1) is 13.8 Å². The average Bonchev–Trinajstić information content (AvgIpc) is 3.02. The van der Waals surface area contributed by atoms with Crippen LogP contribution in [0.2, 0.25) is 0 Å². The number of hydrogen-bond acceptors (Lipinski definition) is 3. The molecule has 5 heteroatoms. The van der Waals surface area contributed by atoms with Gasteiger partial charge in [-0.05, 0) is 25.0 Å². The summed E-state index contributed by atoms with van der Waals surface area (Å²) in [7, 11) is 1.93. The molecule has 30 heavy (non-hydrogen) atoms. The molecular weight excluding hydrogens is 372 g/mol. The molecule has 3 aromatic rings. The molecule has 0 unspecified atom stereocenters. The standard InChI is InChI=1S/C25H30N4O/c1-19-23(20(2)27(3)26-19)18-24(30)28-14-16-29(17-15-28)25(21-10-6-4-7-11-21)22-12-8-5-9-13-22/h4-13,25H,14-18H2,1-3H3. The summed E-state index contributed by atoms with van der Waals surface area (Å²) < 4.78 is 1.86. The summed E-state index contributed by atoms with van der Waals surface area (Å²) in [5, 5.41) is 4.45. The van der Waals surface area contributed by atoms with Crippen molar-refractivity contribution in [2.45, 2.75) is 26.3 Å². The van der Waals surface area contributed by atoms with E-state index in [1.807, 2.05) is 30.5 Å². The smallest absolute Gasteiger partial charge is 0.227 e. The molecule has 4 rings (SSSR count). The van der Waals surface area contributed by atoms with Crippen molar-refractivity contribution >= 4 is 5.91 Å². The van der Waals surface area contributed by atoms with Crippen LogP contribution in [0.25, 0.3) is 0 Å². The van der Waals surface area contributed by atoms with E-state index in [-0.39, 0.29) is 11.9 Å². The number of nitrogens with zero attached hydrogens (tertiary/aromatic N) is 4. The molecule has 1 aromatic heterocycles. The molecule has 1 amide bonds. The normalized spacial score (nSPS) is 15.0. The van der Waals surface area contributed by atoms with Gasteiger partial charge in [0.05, 0.1) is 18.2 Å². The summed E-state index contributed by atoms with van der Waals surface area (Å²) in [6, 6.07) is 21.5. The highest BCUT2D eigenvalue weighted by molar-refractivity contribution is 5.79. The van der Waals surface area contributed by atoms with Crippen LogP contribution in [0.4, 0.5) is 0 Å². The Labute approximate surface area is 178 Å². The van der Waals surface area contributed by atoms with Crippen molar-refractivity contribution in [2.75, 3.05) is 26.2 Å². The van der Waals surface area contributed by atoms with Crippen molar-refractivity contribution in [1.29, 1.82) is 0 Å². The minimum absolute atomic E-state index is 0.199. The van der Waals surface area contributed by atoms with E-state index in [4.69, 9.17) is 0 Å². The zero-order valence-corrected chi connectivity index (χ0v) is 18.1. The molecule has 0 N–H and O–H groups in total. The van der Waals surface area contributed by atoms with E-state index in [0.717, 1.165) is 43.1 Å². The predicted octanol–water partition coefficient (Wildman–Crippen LogP) is 3.51. The highest BCUT2D eigenvalue weighted by Gasteiger charge is 2.28. The highest BCUT2D eigenvalue weighted by atomic mass is 16.2. The molecule has 1 fully saturated rings. The lowest BCUT2D eigenvalue weighted by molar-refractivity contribution is -0.132. The maximum atomic E-state index is 13.0. The number of carbonyl (C=O) groups is 1. The first-order valence-electron chi connectivity index (χ1n) is 10.7. The Morgan fingerprint density at radius 3 is 1.90 bits per heavy atom. The van der Waals surface area contributed by atoms with Gasteiger partial charge in [0.25, 0.3) is 0 Å². The Bertz CT molecular complexity index is 949. The molecule has 156 valence electrons. The summed E-state index contributed by atoms with van der Waals surface area (Å²) in [5.41, 5.74) is 5.69. The van der Waals surface area contributed by atoms with Crippen molar-refractivity contribution in [3.8, 4) is 0 Å². The maximum absolute atomic E-state index is 13.0. The van der Waals surface area contributed by atoms with Crippen molar-refractivity contribution in [3.05, 3.63) is 88.7 Å². The Morgan fingerprint density at radius 2 is 1.43 bits per heavy atom. The summed E-state index contributed by atoms with van der Waals surface area (Å²) in [5.74, 6) is 0.199. The number of piperazine rings is 1. The van der Waals surface area contributed by atoms with Crippen LogP contribution in [-0.2, 0) is 18.3 Å². The van der Waals surface area contributed by atoms with Crippen molar-refractivity contribution in [2.24, 2.45) is 7.05 Å². The van der Waals surface area contributed by atoms with Crippen LogP contribution in [0.1, 0.15) is 34.1 Å². The van der Waals surface area contributed by atoms with Gasteiger partial charge in [0, 0.05) is 44.5 Å². The monoisotopic (exact) mass is 402 g/mol. The lowest BCUT2D eigenvalue weighted by atomic mass is 9.96. The molecule has 1 aliphatic heterocycles. The van der Waals surface area contributed by atoms with Gasteiger partial charge in [-0.1, -0.05) is 60.7 Å². The van der Waals surface area contributed by atoms with Gasteiger partial charge in [-0.25, -0.2) is 0 Å². The minimum atomic E-state index is 0.199. The van der Waals surface area contributed by atoms with Crippen LogP contribution in [0.15, 0.2) is 60.7 Å². The van der Waals surface area contributed by atoms with Gasteiger partial charge in [0.2, 0.25) is 5.91 Å². The number of carbonyl (C=O) groups excluding carboxylic acids is 1. The van der Waals surface area contributed by atoms with Crippen molar-refractivity contribution < 1.29 is 4.79 Å². The first kappa shape index (κ1) is 20.4. The first-order chi connectivity index (χ1) is 14.5. The van der Waals surface area contributed by atoms with E-state index < -0.39 is 0 Å². The van der Waals surface area contributed by atoms with E-state index >= 15 is 0 Å². The zero-order chi connectivity index (χ0) is 21.1. The molecule has 2 heterocycles. The predicted molar refractivity (Wildman–Crippen MR) is 119 cm³/mol. The molecule has 0 aliphatic carbocycles. The minimum Gasteiger partial charge on any atom is -0.340 e. The highest BCUT2D eigenvalue weighted by Crippen LogP contribution is 2.29. The van der Waals surface area contributed by atoms with E-state index in [2.05, 4.69) is 70.7 Å². The summed E-state index contributed by atoms with van der Waals surface area (Å²) in [6.45, 7) is 7.26. The average molecular weight is 403 g/mol. The summed E-state index contributed by atoms with van der Waals surface area (Å²) in [4.78, 5) is 17.5. The maximum Gasteiger partial charge on any atom is 0.227 e. The molecule has 0 bridgehead atoms. The van der Waals surface area contributed by atoms with Crippen LogP contribution in [0.5, 0.6) is 0 Å². The van der Waals surface area contributed by atoms with E-state index in [9.17, 15) is 4.79 Å². The fourth-order valence-electron chi connectivity index (χ4n) is 4.45. The van der Waals surface area contributed by atoms with Crippen LogP contribution < -0.4 is 0 Å². The van der Waals surface area contributed by atoms with Gasteiger partial charge < -0.3 is 4.90 Å². The first-order valence-corrected chi connectivity index (χ1v) is 10.7. The SMILES string of the molecule is Cc1nn(C)c(C)c1CC(=O)N1CCN(C(c2ccccc2)c2ccccc2)CC1. The van der Waals surface area contributed by atoms with Gasteiger partial charge in [0.15, 0.2) is 0 Å². The largest absolute Gasteiger partial charge is 0.340 e.